The van der Waals surface area contributed by atoms with Gasteiger partial charge in [-0.3, -0.25) is 4.79 Å². The summed E-state index contributed by atoms with van der Waals surface area (Å²) in [6.07, 6.45) is 0.750. The maximum Gasteiger partial charge on any atom is 0.252 e. The second-order valence-electron chi connectivity index (χ2n) is 5.42. The summed E-state index contributed by atoms with van der Waals surface area (Å²) in [5.74, 6) is -0.764. The normalized spacial score (nSPS) is 27.1. The van der Waals surface area contributed by atoms with Crippen LogP contribution in [0.1, 0.15) is 23.5 Å². The molecule has 0 bridgehead atoms. The molecule has 2 aromatic rings. The number of aliphatic hydroxyl groups is 2. The number of nitrogens with one attached hydrogen (secondary N) is 1. The maximum absolute atomic E-state index is 11.6. The Bertz CT molecular complexity index is 736. The van der Waals surface area contributed by atoms with E-state index in [1.807, 2.05) is 0 Å². The van der Waals surface area contributed by atoms with Gasteiger partial charge in [-0.25, -0.2) is 9.55 Å². The Hall–Kier alpha value is -1.94. The Morgan fingerprint density at radius 1 is 1.57 bits per heavy atom. The molecule has 1 amide bonds. The number of halogens is 1. The molecule has 7 N–H and O–H groups in total. The van der Waals surface area contributed by atoms with Crippen molar-refractivity contribution in [2.45, 2.75) is 25.4 Å². The average Bonchev–Trinajstić information content (AvgIpc) is 3.00. The van der Waals surface area contributed by atoms with Gasteiger partial charge in [-0.1, -0.05) is 11.9 Å². The van der Waals surface area contributed by atoms with Gasteiger partial charge in [0, 0.05) is 5.92 Å². The third kappa shape index (κ3) is 2.61. The van der Waals surface area contributed by atoms with Crippen molar-refractivity contribution < 1.29 is 37.1 Å². The third-order valence-corrected chi connectivity index (χ3v) is 4.14. The number of hydrogen-bond acceptors (Lipinski definition) is 6. The van der Waals surface area contributed by atoms with Crippen molar-refractivity contribution in [3.63, 3.8) is 0 Å². The number of aromatic nitrogens is 3. The van der Waals surface area contributed by atoms with E-state index in [1.165, 1.54) is 12.5 Å². The Labute approximate surface area is 137 Å². The number of amides is 1. The summed E-state index contributed by atoms with van der Waals surface area (Å²) in [6, 6.07) is 0. The molecule has 0 aromatic carbocycles. The molecule has 0 spiro atoms. The molecule has 2 aromatic heterocycles. The summed E-state index contributed by atoms with van der Waals surface area (Å²) in [5.41, 5.74) is 11.9. The van der Waals surface area contributed by atoms with Crippen molar-refractivity contribution in [2.24, 2.45) is 11.7 Å². The van der Waals surface area contributed by atoms with Crippen LogP contribution in [0.3, 0.4) is 0 Å². The Morgan fingerprint density at radius 2 is 2.26 bits per heavy atom. The van der Waals surface area contributed by atoms with E-state index < -0.39 is 24.3 Å². The first kappa shape index (κ1) is 17.4. The largest absolute Gasteiger partial charge is 1.00 e. The van der Waals surface area contributed by atoms with Crippen LogP contribution in [0.4, 0.5) is 5.82 Å². The highest BCUT2D eigenvalue weighted by Crippen LogP contribution is 2.36. The van der Waals surface area contributed by atoms with E-state index in [0.717, 1.165) is 0 Å². The van der Waals surface area contributed by atoms with Gasteiger partial charge in [0.25, 0.3) is 5.91 Å². The summed E-state index contributed by atoms with van der Waals surface area (Å²) >= 11 is 0. The molecule has 1 saturated heterocycles. The van der Waals surface area contributed by atoms with E-state index in [0.29, 0.717) is 11.0 Å². The summed E-state index contributed by atoms with van der Waals surface area (Å²) in [6.45, 7) is 1.58. The van der Waals surface area contributed by atoms with Gasteiger partial charge in [0.15, 0.2) is 0 Å². The number of rotatable bonds is 3. The fourth-order valence-corrected chi connectivity index (χ4v) is 2.85. The molecule has 126 valence electrons. The number of primary amides is 1. The van der Waals surface area contributed by atoms with Gasteiger partial charge in [-0.15, -0.1) is 0 Å². The molecule has 10 heteroatoms. The van der Waals surface area contributed by atoms with Gasteiger partial charge in [0.2, 0.25) is 24.0 Å². The lowest BCUT2D eigenvalue weighted by atomic mass is 10.0. The lowest BCUT2D eigenvalue weighted by molar-refractivity contribution is -0.355. The zero-order valence-electron chi connectivity index (χ0n) is 12.3. The molecule has 1 fully saturated rings. The van der Waals surface area contributed by atoms with Crippen LogP contribution >= 0.6 is 0 Å². The van der Waals surface area contributed by atoms with Gasteiger partial charge < -0.3 is 38.8 Å². The third-order valence-electron chi connectivity index (χ3n) is 4.14. The summed E-state index contributed by atoms with van der Waals surface area (Å²) in [7, 11) is 0. The van der Waals surface area contributed by atoms with Gasteiger partial charge in [0.1, 0.15) is 11.5 Å². The fourth-order valence-electron chi connectivity index (χ4n) is 2.85. The molecule has 0 saturated carbocycles. The SMILES string of the molecule is C[C@H]1[C@@H](O)[C@H](n2cc(C(N)=O)c3c(N)nc[nH+]c32)O[C@@H]1CO.[Cl-]. The summed E-state index contributed by atoms with van der Waals surface area (Å²) in [5, 5.41) is 20.0. The number of H-pyrrole nitrogens is 1. The first-order valence-electron chi connectivity index (χ1n) is 6.86. The number of anilines is 1. The van der Waals surface area contributed by atoms with E-state index in [4.69, 9.17) is 16.2 Å². The van der Waals surface area contributed by atoms with Crippen molar-refractivity contribution in [3.8, 4) is 0 Å². The molecule has 9 nitrogen and oxygen atoms in total. The number of aromatic amines is 1. The predicted octanol–water partition coefficient (Wildman–Crippen LogP) is -4.58. The monoisotopic (exact) mass is 343 g/mol. The van der Waals surface area contributed by atoms with E-state index in [1.54, 1.807) is 11.5 Å². The topological polar surface area (TPSA) is 151 Å². The highest BCUT2D eigenvalue weighted by atomic mass is 35.5. The van der Waals surface area contributed by atoms with Gasteiger partial charge in [0.05, 0.1) is 24.5 Å². The second-order valence-corrected chi connectivity index (χ2v) is 5.42. The van der Waals surface area contributed by atoms with Crippen molar-refractivity contribution in [1.29, 1.82) is 0 Å². The highest BCUT2D eigenvalue weighted by Gasteiger charge is 2.44. The standard InChI is InChI=1S/C13H17N5O4.ClH/c1-5-7(3-19)22-13(9(5)20)18-2-6(11(15)21)8-10(14)16-4-17-12(8)18;/h2,4-5,7,9,13,19-20H,3H2,1H3,(H2,15,21)(H2,14,16,17);1H/t5-,7-,9-,13-;/m1./s1. The number of nitrogens with zero attached hydrogens (tertiary/aromatic N) is 2. The summed E-state index contributed by atoms with van der Waals surface area (Å²) in [4.78, 5) is 18.4. The Kier molecular flexibility index (Phi) is 4.76. The molecule has 3 heterocycles. The summed E-state index contributed by atoms with van der Waals surface area (Å²) < 4.78 is 7.25. The highest BCUT2D eigenvalue weighted by molar-refractivity contribution is 6.08. The minimum Gasteiger partial charge on any atom is -1.00 e. The molecule has 0 aliphatic carbocycles. The van der Waals surface area contributed by atoms with Gasteiger partial charge in [-0.2, -0.15) is 0 Å². The van der Waals surface area contributed by atoms with E-state index in [-0.39, 0.29) is 36.3 Å². The van der Waals surface area contributed by atoms with Crippen molar-refractivity contribution >= 4 is 22.8 Å². The lowest BCUT2D eigenvalue weighted by Crippen LogP contribution is -3.00. The quantitative estimate of drug-likeness (QED) is 0.440. The average molecular weight is 344 g/mol. The molecule has 3 rings (SSSR count). The number of nitrogen functional groups attached to an aromatic ring is 1. The van der Waals surface area contributed by atoms with E-state index in [2.05, 4.69) is 9.97 Å². The number of aliphatic hydroxyl groups excluding tert-OH is 2. The molecule has 4 atom stereocenters. The van der Waals surface area contributed by atoms with Crippen LogP contribution in [0.2, 0.25) is 0 Å². The maximum atomic E-state index is 11.6. The first-order valence-corrected chi connectivity index (χ1v) is 6.86. The van der Waals surface area contributed by atoms with Crippen molar-refractivity contribution in [2.75, 3.05) is 12.3 Å². The molecule has 1 aliphatic heterocycles. The van der Waals surface area contributed by atoms with Crippen LogP contribution in [0.5, 0.6) is 0 Å². The fraction of sp³-hybridized carbons (Fsp3) is 0.462. The second kappa shape index (κ2) is 6.28. The minimum atomic E-state index is -0.851. The zero-order chi connectivity index (χ0) is 16.0. The molecule has 0 unspecified atom stereocenters. The van der Waals surface area contributed by atoms with Crippen molar-refractivity contribution in [3.05, 3.63) is 18.1 Å². The van der Waals surface area contributed by atoms with Gasteiger partial charge >= 0.3 is 0 Å². The van der Waals surface area contributed by atoms with Crippen LogP contribution in [0.25, 0.3) is 11.0 Å². The molecule has 0 radical (unpaired) electrons. The van der Waals surface area contributed by atoms with Crippen molar-refractivity contribution in [1.82, 2.24) is 9.55 Å². The van der Waals surface area contributed by atoms with Crippen LogP contribution in [-0.4, -0.2) is 44.5 Å². The number of hydrogen-bond donors (Lipinski definition) is 4. The van der Waals surface area contributed by atoms with Crippen LogP contribution in [0.15, 0.2) is 12.5 Å². The first-order chi connectivity index (χ1) is 10.5. The van der Waals surface area contributed by atoms with E-state index >= 15 is 0 Å². The minimum absolute atomic E-state index is 0. The molecule has 1 aliphatic rings. The van der Waals surface area contributed by atoms with Crippen LogP contribution < -0.4 is 28.9 Å². The number of ether oxygens (including phenoxy) is 1. The Morgan fingerprint density at radius 3 is 2.83 bits per heavy atom. The van der Waals surface area contributed by atoms with Gasteiger partial charge in [-0.05, 0) is 0 Å². The van der Waals surface area contributed by atoms with Crippen LogP contribution in [-0.2, 0) is 4.74 Å². The number of fused-ring (bicyclic) bond motifs is 1. The molecular weight excluding hydrogens is 326 g/mol. The predicted molar refractivity (Wildman–Crippen MR) is 75.4 cm³/mol. The smallest absolute Gasteiger partial charge is 0.252 e. The Balaban J connectivity index is 0.00000192. The van der Waals surface area contributed by atoms with E-state index in [9.17, 15) is 15.0 Å². The number of nitrogens with two attached hydrogens (primary N) is 2. The molecule has 23 heavy (non-hydrogen) atoms. The molecular formula is C13H18ClN5O4. The zero-order valence-corrected chi connectivity index (χ0v) is 13.1. The lowest BCUT2D eigenvalue weighted by Gasteiger charge is -2.14. The number of carbonyl (C=O) groups is 1. The number of carbonyl (C=O) groups excluding carboxylic acids is 1. The van der Waals surface area contributed by atoms with Crippen LogP contribution in [0, 0.1) is 5.92 Å².